The van der Waals surface area contributed by atoms with E-state index in [4.69, 9.17) is 5.73 Å². The number of anilines is 1. The molecule has 130 valence electrons. The molecule has 7 nitrogen and oxygen atoms in total. The SMILES string of the molecule is NC(=O)c1ccc(NC(=O)Cn2cnc(-c3ccccc3)cc2=O)cc1. The van der Waals surface area contributed by atoms with E-state index in [1.165, 1.54) is 29.1 Å². The van der Waals surface area contributed by atoms with E-state index in [-0.39, 0.29) is 18.0 Å². The number of rotatable bonds is 5. The van der Waals surface area contributed by atoms with E-state index in [0.717, 1.165) is 5.56 Å². The van der Waals surface area contributed by atoms with Crippen LogP contribution in [0, 0.1) is 0 Å². The lowest BCUT2D eigenvalue weighted by Gasteiger charge is -2.08. The van der Waals surface area contributed by atoms with Gasteiger partial charge in [-0.05, 0) is 24.3 Å². The predicted octanol–water partition coefficient (Wildman–Crippen LogP) is 1.65. The second-order valence-electron chi connectivity index (χ2n) is 5.60. The third kappa shape index (κ3) is 4.02. The van der Waals surface area contributed by atoms with Crippen LogP contribution >= 0.6 is 0 Å². The number of aromatic nitrogens is 2. The predicted molar refractivity (Wildman–Crippen MR) is 97.5 cm³/mol. The Morgan fingerprint density at radius 1 is 1.04 bits per heavy atom. The van der Waals surface area contributed by atoms with Gasteiger partial charge in [0, 0.05) is 22.9 Å². The van der Waals surface area contributed by atoms with E-state index in [1.54, 1.807) is 12.1 Å². The minimum atomic E-state index is -0.543. The number of hydrogen-bond acceptors (Lipinski definition) is 4. The molecule has 0 saturated carbocycles. The molecule has 0 saturated heterocycles. The van der Waals surface area contributed by atoms with Crippen LogP contribution in [-0.4, -0.2) is 21.4 Å². The molecule has 26 heavy (non-hydrogen) atoms. The molecule has 0 aliphatic carbocycles. The highest BCUT2D eigenvalue weighted by Crippen LogP contribution is 2.13. The van der Waals surface area contributed by atoms with Gasteiger partial charge in [-0.15, -0.1) is 0 Å². The van der Waals surface area contributed by atoms with E-state index < -0.39 is 5.91 Å². The Morgan fingerprint density at radius 2 is 1.73 bits per heavy atom. The molecule has 0 spiro atoms. The minimum absolute atomic E-state index is 0.168. The zero-order chi connectivity index (χ0) is 18.5. The van der Waals surface area contributed by atoms with Gasteiger partial charge >= 0.3 is 0 Å². The van der Waals surface area contributed by atoms with Gasteiger partial charge in [-0.2, -0.15) is 0 Å². The molecule has 1 heterocycles. The molecule has 0 radical (unpaired) electrons. The number of carbonyl (C=O) groups is 2. The molecule has 3 N–H and O–H groups in total. The number of nitrogens with two attached hydrogens (primary N) is 1. The highest BCUT2D eigenvalue weighted by molar-refractivity contribution is 5.94. The summed E-state index contributed by atoms with van der Waals surface area (Å²) < 4.78 is 1.22. The lowest BCUT2D eigenvalue weighted by Crippen LogP contribution is -2.27. The second kappa shape index (κ2) is 7.43. The Morgan fingerprint density at radius 3 is 2.35 bits per heavy atom. The number of benzene rings is 2. The van der Waals surface area contributed by atoms with Crippen molar-refractivity contribution in [1.82, 2.24) is 9.55 Å². The molecule has 7 heteroatoms. The zero-order valence-corrected chi connectivity index (χ0v) is 13.8. The van der Waals surface area contributed by atoms with Crippen LogP contribution in [0.4, 0.5) is 5.69 Å². The number of hydrogen-bond donors (Lipinski definition) is 2. The molecule has 0 aliphatic heterocycles. The molecule has 1 aromatic heterocycles. The molecule has 3 aromatic rings. The quantitative estimate of drug-likeness (QED) is 0.731. The summed E-state index contributed by atoms with van der Waals surface area (Å²) in [6.07, 6.45) is 1.35. The molecular weight excluding hydrogens is 332 g/mol. The number of nitrogens with zero attached hydrogens (tertiary/aromatic N) is 2. The molecule has 0 bridgehead atoms. The van der Waals surface area contributed by atoms with Crippen LogP contribution in [-0.2, 0) is 11.3 Å². The van der Waals surface area contributed by atoms with Crippen molar-refractivity contribution >= 4 is 17.5 Å². The zero-order valence-electron chi connectivity index (χ0n) is 13.8. The van der Waals surface area contributed by atoms with Crippen LogP contribution in [0.3, 0.4) is 0 Å². The molecule has 0 aliphatic rings. The van der Waals surface area contributed by atoms with Gasteiger partial charge in [-0.3, -0.25) is 19.0 Å². The van der Waals surface area contributed by atoms with Gasteiger partial charge in [0.1, 0.15) is 6.54 Å². The van der Waals surface area contributed by atoms with E-state index in [2.05, 4.69) is 10.3 Å². The summed E-state index contributed by atoms with van der Waals surface area (Å²) in [6.45, 7) is -0.168. The first-order valence-corrected chi connectivity index (χ1v) is 7.84. The van der Waals surface area contributed by atoms with E-state index in [1.807, 2.05) is 30.3 Å². The number of carbonyl (C=O) groups excluding carboxylic acids is 2. The fraction of sp³-hybridized carbons (Fsp3) is 0.0526. The maximum Gasteiger partial charge on any atom is 0.254 e. The number of primary amides is 1. The van der Waals surface area contributed by atoms with Crippen molar-refractivity contribution < 1.29 is 9.59 Å². The molecule has 0 unspecified atom stereocenters. The van der Waals surface area contributed by atoms with Gasteiger partial charge in [0.15, 0.2) is 0 Å². The second-order valence-corrected chi connectivity index (χ2v) is 5.60. The van der Waals surface area contributed by atoms with Gasteiger partial charge in [0.05, 0.1) is 12.0 Å². The summed E-state index contributed by atoms with van der Waals surface area (Å²) in [7, 11) is 0. The highest BCUT2D eigenvalue weighted by atomic mass is 16.2. The van der Waals surface area contributed by atoms with Crippen molar-refractivity contribution in [1.29, 1.82) is 0 Å². The maximum absolute atomic E-state index is 12.2. The largest absolute Gasteiger partial charge is 0.366 e. The normalized spacial score (nSPS) is 10.3. The summed E-state index contributed by atoms with van der Waals surface area (Å²) in [6, 6.07) is 16.9. The van der Waals surface area contributed by atoms with Crippen molar-refractivity contribution in [3.63, 3.8) is 0 Å². The average Bonchev–Trinajstić information content (AvgIpc) is 2.64. The summed E-state index contributed by atoms with van der Waals surface area (Å²) >= 11 is 0. The van der Waals surface area contributed by atoms with Crippen molar-refractivity contribution in [2.45, 2.75) is 6.54 Å². The molecule has 2 amide bonds. The Kier molecular flexibility index (Phi) is 4.89. The first-order valence-electron chi connectivity index (χ1n) is 7.84. The minimum Gasteiger partial charge on any atom is -0.366 e. The van der Waals surface area contributed by atoms with Crippen molar-refractivity contribution in [2.24, 2.45) is 5.73 Å². The van der Waals surface area contributed by atoms with Crippen molar-refractivity contribution in [3.8, 4) is 11.3 Å². The van der Waals surface area contributed by atoms with Gasteiger partial charge in [0.25, 0.3) is 5.56 Å². The van der Waals surface area contributed by atoms with Crippen LogP contribution < -0.4 is 16.6 Å². The first kappa shape index (κ1) is 17.1. The van der Waals surface area contributed by atoms with Crippen molar-refractivity contribution in [2.75, 3.05) is 5.32 Å². The first-order chi connectivity index (χ1) is 12.5. The van der Waals surface area contributed by atoms with Gasteiger partial charge in [-0.25, -0.2) is 4.98 Å². The fourth-order valence-electron chi connectivity index (χ4n) is 2.38. The Balaban J connectivity index is 1.69. The Labute approximate surface area is 149 Å². The smallest absolute Gasteiger partial charge is 0.254 e. The summed E-state index contributed by atoms with van der Waals surface area (Å²) in [5.41, 5.74) is 7.07. The highest BCUT2D eigenvalue weighted by Gasteiger charge is 2.08. The third-order valence-electron chi connectivity index (χ3n) is 3.72. The van der Waals surface area contributed by atoms with E-state index in [0.29, 0.717) is 16.9 Å². The van der Waals surface area contributed by atoms with Crippen LogP contribution in [0.5, 0.6) is 0 Å². The molecule has 0 fully saturated rings. The van der Waals surface area contributed by atoms with Gasteiger partial charge < -0.3 is 11.1 Å². The summed E-state index contributed by atoms with van der Waals surface area (Å²) in [4.78, 5) is 39.6. The summed E-state index contributed by atoms with van der Waals surface area (Å²) in [5.74, 6) is -0.924. The van der Waals surface area contributed by atoms with Crippen molar-refractivity contribution in [3.05, 3.63) is 82.9 Å². The fourth-order valence-corrected chi connectivity index (χ4v) is 2.38. The van der Waals surface area contributed by atoms with E-state index in [9.17, 15) is 14.4 Å². The average molecular weight is 348 g/mol. The molecule has 0 atom stereocenters. The van der Waals surface area contributed by atoms with Crippen LogP contribution in [0.2, 0.25) is 0 Å². The monoisotopic (exact) mass is 348 g/mol. The molecular formula is C19H16N4O3. The molecule has 2 aromatic carbocycles. The van der Waals surface area contributed by atoms with Crippen LogP contribution in [0.15, 0.2) is 71.8 Å². The third-order valence-corrected chi connectivity index (χ3v) is 3.72. The Hall–Kier alpha value is -3.74. The van der Waals surface area contributed by atoms with E-state index >= 15 is 0 Å². The maximum atomic E-state index is 12.2. The standard InChI is InChI=1S/C19H16N4O3/c20-19(26)14-6-8-15(9-7-14)22-17(24)11-23-12-21-16(10-18(23)25)13-4-2-1-3-5-13/h1-10,12H,11H2,(H2,20,26)(H,22,24). The van der Waals surface area contributed by atoms with Crippen LogP contribution in [0.1, 0.15) is 10.4 Å². The Bertz CT molecular complexity index is 995. The molecule has 3 rings (SSSR count). The topological polar surface area (TPSA) is 107 Å². The summed E-state index contributed by atoms with van der Waals surface area (Å²) in [5, 5.41) is 2.65. The lowest BCUT2D eigenvalue weighted by atomic mass is 10.1. The number of nitrogens with one attached hydrogen (secondary N) is 1. The van der Waals surface area contributed by atoms with Gasteiger partial charge in [-0.1, -0.05) is 30.3 Å². The van der Waals surface area contributed by atoms with Crippen LogP contribution in [0.25, 0.3) is 11.3 Å². The number of amides is 2. The van der Waals surface area contributed by atoms with Gasteiger partial charge in [0.2, 0.25) is 11.8 Å². The lowest BCUT2D eigenvalue weighted by molar-refractivity contribution is -0.116.